The van der Waals surface area contributed by atoms with Gasteiger partial charge in [-0.05, 0) is 38.0 Å². The second-order valence-corrected chi connectivity index (χ2v) is 5.68. The van der Waals surface area contributed by atoms with Crippen LogP contribution in [-0.2, 0) is 0 Å². The van der Waals surface area contributed by atoms with E-state index in [4.69, 9.17) is 15.2 Å². The summed E-state index contributed by atoms with van der Waals surface area (Å²) in [5, 5.41) is 0. The van der Waals surface area contributed by atoms with E-state index in [1.165, 1.54) is 6.42 Å². The molecular weight excluding hydrogens is 238 g/mol. The molecule has 3 unspecified atom stereocenters. The third-order valence-electron chi connectivity index (χ3n) is 4.07. The first-order valence-electron chi connectivity index (χ1n) is 7.28. The molecule has 0 bridgehead atoms. The zero-order valence-corrected chi connectivity index (χ0v) is 12.2. The Morgan fingerprint density at radius 3 is 2.53 bits per heavy atom. The zero-order valence-electron chi connectivity index (χ0n) is 12.2. The summed E-state index contributed by atoms with van der Waals surface area (Å²) in [6.45, 7) is 7.24. The predicted octanol–water partition coefficient (Wildman–Crippen LogP) is 3.87. The molecule has 3 nitrogen and oxygen atoms in total. The van der Waals surface area contributed by atoms with Gasteiger partial charge >= 0.3 is 0 Å². The van der Waals surface area contributed by atoms with E-state index >= 15 is 0 Å². The number of ether oxygens (including phenoxy) is 2. The van der Waals surface area contributed by atoms with Crippen LogP contribution in [0.3, 0.4) is 0 Å². The van der Waals surface area contributed by atoms with Crippen molar-refractivity contribution in [1.29, 1.82) is 0 Å². The molecule has 0 aliphatic heterocycles. The molecule has 106 valence electrons. The lowest BCUT2D eigenvalue weighted by Gasteiger charge is -2.32. The van der Waals surface area contributed by atoms with Gasteiger partial charge in [0.1, 0.15) is 11.5 Å². The highest BCUT2D eigenvalue weighted by Crippen LogP contribution is 2.33. The molecule has 0 saturated heterocycles. The minimum Gasteiger partial charge on any atom is -0.494 e. The Morgan fingerprint density at radius 1 is 1.11 bits per heavy atom. The molecule has 0 heterocycles. The normalized spacial score (nSPS) is 27.0. The Balaban J connectivity index is 2.02. The van der Waals surface area contributed by atoms with Gasteiger partial charge in [0.15, 0.2) is 0 Å². The maximum atomic E-state index is 6.08. The second kappa shape index (κ2) is 6.18. The summed E-state index contributed by atoms with van der Waals surface area (Å²) >= 11 is 0. The van der Waals surface area contributed by atoms with Crippen molar-refractivity contribution in [1.82, 2.24) is 0 Å². The van der Waals surface area contributed by atoms with E-state index in [0.717, 1.165) is 36.2 Å². The van der Waals surface area contributed by atoms with Crippen LogP contribution in [0.25, 0.3) is 0 Å². The summed E-state index contributed by atoms with van der Waals surface area (Å²) in [6, 6.07) is 5.65. The maximum absolute atomic E-state index is 6.08. The van der Waals surface area contributed by atoms with E-state index in [0.29, 0.717) is 18.4 Å². The summed E-state index contributed by atoms with van der Waals surface area (Å²) in [5.74, 6) is 3.15. The fourth-order valence-electron chi connectivity index (χ4n) is 2.71. The summed E-state index contributed by atoms with van der Waals surface area (Å²) in [4.78, 5) is 0. The van der Waals surface area contributed by atoms with Crippen molar-refractivity contribution < 1.29 is 9.47 Å². The predicted molar refractivity (Wildman–Crippen MR) is 78.6 cm³/mol. The molecular formula is C16H25NO2. The lowest BCUT2D eigenvalue weighted by molar-refractivity contribution is 0.100. The van der Waals surface area contributed by atoms with Crippen LogP contribution in [0.2, 0.25) is 0 Å². The minimum absolute atomic E-state index is 0.308. The number of benzene rings is 1. The van der Waals surface area contributed by atoms with Gasteiger partial charge < -0.3 is 15.2 Å². The van der Waals surface area contributed by atoms with Gasteiger partial charge in [-0.1, -0.05) is 13.8 Å². The molecule has 1 aliphatic rings. The van der Waals surface area contributed by atoms with Gasteiger partial charge in [-0.2, -0.15) is 0 Å². The van der Waals surface area contributed by atoms with Crippen LogP contribution in [0.4, 0.5) is 5.69 Å². The second-order valence-electron chi connectivity index (χ2n) is 5.68. The van der Waals surface area contributed by atoms with E-state index in [1.54, 1.807) is 0 Å². The van der Waals surface area contributed by atoms with Crippen LogP contribution in [0.1, 0.15) is 40.0 Å². The molecule has 1 saturated carbocycles. The molecule has 3 atom stereocenters. The highest BCUT2D eigenvalue weighted by Gasteiger charge is 2.25. The summed E-state index contributed by atoms with van der Waals surface area (Å²) < 4.78 is 11.6. The van der Waals surface area contributed by atoms with E-state index in [-0.39, 0.29) is 0 Å². The Labute approximate surface area is 116 Å². The Hall–Kier alpha value is -1.38. The van der Waals surface area contributed by atoms with Crippen molar-refractivity contribution in [3.63, 3.8) is 0 Å². The average Bonchev–Trinajstić information content (AvgIpc) is 2.33. The number of hydrogen-bond donors (Lipinski definition) is 1. The smallest absolute Gasteiger partial charge is 0.125 e. The third-order valence-corrected chi connectivity index (χ3v) is 4.07. The maximum Gasteiger partial charge on any atom is 0.125 e. The van der Waals surface area contributed by atoms with Gasteiger partial charge in [-0.3, -0.25) is 0 Å². The summed E-state index contributed by atoms with van der Waals surface area (Å²) in [6.07, 6.45) is 3.80. The van der Waals surface area contributed by atoms with Gasteiger partial charge in [0.05, 0.1) is 12.7 Å². The minimum atomic E-state index is 0.308. The molecule has 1 aromatic carbocycles. The molecule has 19 heavy (non-hydrogen) atoms. The Morgan fingerprint density at radius 2 is 1.84 bits per heavy atom. The largest absolute Gasteiger partial charge is 0.494 e. The zero-order chi connectivity index (χ0) is 13.8. The monoisotopic (exact) mass is 263 g/mol. The number of hydrogen-bond acceptors (Lipinski definition) is 3. The van der Waals surface area contributed by atoms with Crippen LogP contribution in [0.5, 0.6) is 11.5 Å². The molecule has 0 radical (unpaired) electrons. The number of nitrogens with two attached hydrogens (primary N) is 1. The van der Waals surface area contributed by atoms with Crippen LogP contribution in [-0.4, -0.2) is 12.7 Å². The first-order valence-corrected chi connectivity index (χ1v) is 7.28. The lowest BCUT2D eigenvalue weighted by Crippen LogP contribution is -2.28. The van der Waals surface area contributed by atoms with Crippen molar-refractivity contribution in [3.05, 3.63) is 18.2 Å². The third kappa shape index (κ3) is 3.79. The molecule has 2 rings (SSSR count). The van der Waals surface area contributed by atoms with Crippen LogP contribution < -0.4 is 15.2 Å². The lowest BCUT2D eigenvalue weighted by atomic mass is 9.80. The van der Waals surface area contributed by atoms with Crippen LogP contribution in [0, 0.1) is 11.8 Å². The first kappa shape index (κ1) is 14.0. The Bertz CT molecular complexity index is 419. The summed E-state index contributed by atoms with van der Waals surface area (Å²) in [7, 11) is 0. The Kier molecular flexibility index (Phi) is 4.56. The molecule has 3 heteroatoms. The fraction of sp³-hybridized carbons (Fsp3) is 0.625. The van der Waals surface area contributed by atoms with Gasteiger partial charge in [0.2, 0.25) is 0 Å². The van der Waals surface area contributed by atoms with Crippen LogP contribution >= 0.6 is 0 Å². The van der Waals surface area contributed by atoms with E-state index in [9.17, 15) is 0 Å². The van der Waals surface area contributed by atoms with Crippen molar-refractivity contribution in [3.8, 4) is 11.5 Å². The molecule has 1 fully saturated rings. The highest BCUT2D eigenvalue weighted by atomic mass is 16.5. The fourth-order valence-corrected chi connectivity index (χ4v) is 2.71. The number of anilines is 1. The molecule has 0 aromatic heterocycles. The molecule has 2 N–H and O–H groups in total. The van der Waals surface area contributed by atoms with Crippen molar-refractivity contribution in [2.24, 2.45) is 11.8 Å². The quantitative estimate of drug-likeness (QED) is 0.839. The number of rotatable bonds is 4. The van der Waals surface area contributed by atoms with Gasteiger partial charge in [-0.15, -0.1) is 0 Å². The van der Waals surface area contributed by atoms with Gasteiger partial charge in [0.25, 0.3) is 0 Å². The summed E-state index contributed by atoms with van der Waals surface area (Å²) in [5.41, 5.74) is 6.58. The number of nitrogen functional groups attached to an aromatic ring is 1. The van der Waals surface area contributed by atoms with Crippen molar-refractivity contribution in [2.45, 2.75) is 46.1 Å². The van der Waals surface area contributed by atoms with Crippen LogP contribution in [0.15, 0.2) is 18.2 Å². The molecule has 1 aromatic rings. The molecule has 0 spiro atoms. The molecule has 1 aliphatic carbocycles. The van der Waals surface area contributed by atoms with Crippen molar-refractivity contribution in [2.75, 3.05) is 12.3 Å². The average molecular weight is 263 g/mol. The van der Waals surface area contributed by atoms with Crippen molar-refractivity contribution >= 4 is 5.69 Å². The van der Waals surface area contributed by atoms with Gasteiger partial charge in [-0.25, -0.2) is 0 Å². The SMILES string of the molecule is CCOc1cc(N)cc(OC2CCC(C)C(C)C2)c1. The topological polar surface area (TPSA) is 44.5 Å². The highest BCUT2D eigenvalue weighted by molar-refractivity contribution is 5.50. The van der Waals surface area contributed by atoms with E-state index in [1.807, 2.05) is 25.1 Å². The standard InChI is InChI=1S/C16H25NO2/c1-4-18-15-8-13(17)9-16(10-15)19-14-6-5-11(2)12(3)7-14/h8-12,14H,4-7,17H2,1-3H3. The molecule has 0 amide bonds. The first-order chi connectivity index (χ1) is 9.08. The van der Waals surface area contributed by atoms with E-state index in [2.05, 4.69) is 13.8 Å². The van der Waals surface area contributed by atoms with Gasteiger partial charge in [0, 0.05) is 23.9 Å². The van der Waals surface area contributed by atoms with E-state index < -0.39 is 0 Å².